The van der Waals surface area contributed by atoms with E-state index in [9.17, 15) is 4.79 Å². The number of nitrogens with zero attached hydrogens (tertiary/aromatic N) is 1. The maximum absolute atomic E-state index is 12.2. The molecule has 1 N–H and O–H groups in total. The predicted molar refractivity (Wildman–Crippen MR) is 94.3 cm³/mol. The number of carbonyl (C=O) groups is 1. The highest BCUT2D eigenvalue weighted by molar-refractivity contribution is 6.04. The van der Waals surface area contributed by atoms with Gasteiger partial charge in [0.1, 0.15) is 5.56 Å². The van der Waals surface area contributed by atoms with Gasteiger partial charge in [-0.25, -0.2) is 4.79 Å². The number of nitrogens with one attached hydrogen (secondary N) is 1. The number of esters is 1. The van der Waals surface area contributed by atoms with Gasteiger partial charge in [0.15, 0.2) is 0 Å². The van der Waals surface area contributed by atoms with Gasteiger partial charge in [0.05, 0.1) is 31.0 Å². The van der Waals surface area contributed by atoms with E-state index in [1.807, 2.05) is 24.3 Å². The van der Waals surface area contributed by atoms with Crippen LogP contribution >= 0.6 is 0 Å². The molecular weight excluding hydrogens is 304 g/mol. The summed E-state index contributed by atoms with van der Waals surface area (Å²) in [5.41, 5.74) is 3.53. The summed E-state index contributed by atoms with van der Waals surface area (Å²) in [6.07, 6.45) is 5.64. The molecule has 0 unspecified atom stereocenters. The molecule has 2 aromatic rings. The summed E-state index contributed by atoms with van der Waals surface area (Å²) < 4.78 is 10.5. The van der Waals surface area contributed by atoms with Crippen LogP contribution in [0.25, 0.3) is 10.9 Å². The molecule has 126 valence electrons. The van der Waals surface area contributed by atoms with Gasteiger partial charge >= 0.3 is 5.97 Å². The predicted octanol–water partition coefficient (Wildman–Crippen LogP) is 3.56. The number of hydrogen-bond donors (Lipinski definition) is 1. The third kappa shape index (κ3) is 3.74. The second-order valence-electron chi connectivity index (χ2n) is 5.65. The van der Waals surface area contributed by atoms with Crippen LogP contribution < -0.4 is 5.32 Å². The van der Waals surface area contributed by atoms with Crippen molar-refractivity contribution in [3.63, 3.8) is 0 Å². The lowest BCUT2D eigenvalue weighted by Crippen LogP contribution is -2.13. The van der Waals surface area contributed by atoms with Crippen molar-refractivity contribution in [3.8, 4) is 0 Å². The molecule has 1 aromatic heterocycles. The van der Waals surface area contributed by atoms with E-state index in [2.05, 4.69) is 16.4 Å². The summed E-state index contributed by atoms with van der Waals surface area (Å²) >= 11 is 0. The smallest absolute Gasteiger partial charge is 0.341 e. The lowest BCUT2D eigenvalue weighted by Gasteiger charge is -2.16. The zero-order valence-electron chi connectivity index (χ0n) is 13.9. The number of carbonyl (C=O) groups excluding carboxylic acids is 1. The molecule has 0 aliphatic carbocycles. The third-order valence-corrected chi connectivity index (χ3v) is 4.08. The second kappa shape index (κ2) is 7.93. The fourth-order valence-electron chi connectivity index (χ4n) is 2.84. The van der Waals surface area contributed by atoms with Crippen LogP contribution in [0.15, 0.2) is 42.1 Å². The highest BCUT2D eigenvalue weighted by Gasteiger charge is 2.16. The van der Waals surface area contributed by atoms with E-state index >= 15 is 0 Å². The van der Waals surface area contributed by atoms with Gasteiger partial charge in [0.2, 0.25) is 0 Å². The van der Waals surface area contributed by atoms with Crippen LogP contribution in [0, 0.1) is 0 Å². The Morgan fingerprint density at radius 2 is 2.25 bits per heavy atom. The number of hydrogen-bond acceptors (Lipinski definition) is 5. The molecule has 0 atom stereocenters. The molecule has 5 heteroatoms. The molecule has 1 aromatic carbocycles. The van der Waals surface area contributed by atoms with Crippen LogP contribution in [0.5, 0.6) is 0 Å². The molecule has 1 aliphatic heterocycles. The lowest BCUT2D eigenvalue weighted by atomic mass is 10.1. The second-order valence-corrected chi connectivity index (χ2v) is 5.65. The highest BCUT2D eigenvalue weighted by Crippen LogP contribution is 2.27. The molecule has 0 fully saturated rings. The van der Waals surface area contributed by atoms with E-state index in [1.165, 1.54) is 5.57 Å². The van der Waals surface area contributed by atoms with Crippen molar-refractivity contribution in [2.75, 3.05) is 31.7 Å². The minimum atomic E-state index is -0.344. The van der Waals surface area contributed by atoms with E-state index in [1.54, 1.807) is 13.1 Å². The summed E-state index contributed by atoms with van der Waals surface area (Å²) in [6, 6.07) is 7.80. The number of fused-ring (bicyclic) bond motifs is 1. The first-order chi connectivity index (χ1) is 11.8. The maximum Gasteiger partial charge on any atom is 0.341 e. The van der Waals surface area contributed by atoms with Crippen LogP contribution in [0.2, 0.25) is 0 Å². The number of pyridine rings is 1. The first-order valence-corrected chi connectivity index (χ1v) is 8.34. The Kier molecular flexibility index (Phi) is 5.43. The summed E-state index contributed by atoms with van der Waals surface area (Å²) in [6.45, 7) is 4.39. The zero-order chi connectivity index (χ0) is 16.8. The van der Waals surface area contributed by atoms with Gasteiger partial charge in [-0.2, -0.15) is 0 Å². The number of rotatable bonds is 6. The first kappa shape index (κ1) is 16.5. The van der Waals surface area contributed by atoms with Crippen LogP contribution in [-0.2, 0) is 9.47 Å². The summed E-state index contributed by atoms with van der Waals surface area (Å²) in [5, 5.41) is 4.35. The fourth-order valence-corrected chi connectivity index (χ4v) is 2.84. The van der Waals surface area contributed by atoms with Crippen LogP contribution in [0.3, 0.4) is 0 Å². The minimum absolute atomic E-state index is 0.344. The van der Waals surface area contributed by atoms with Crippen molar-refractivity contribution in [1.82, 2.24) is 4.98 Å². The Balaban J connectivity index is 1.84. The SMILES string of the molecule is CCOC(=O)c1cnc2ccccc2c1NCCC1=CCOCC1. The van der Waals surface area contributed by atoms with Crippen molar-refractivity contribution in [2.45, 2.75) is 19.8 Å². The van der Waals surface area contributed by atoms with Crippen molar-refractivity contribution in [3.05, 3.63) is 47.7 Å². The molecule has 0 bridgehead atoms. The molecule has 0 saturated heterocycles. The topological polar surface area (TPSA) is 60.5 Å². The van der Waals surface area contributed by atoms with Gasteiger partial charge in [-0.1, -0.05) is 29.8 Å². The number of aromatic nitrogens is 1. The Morgan fingerprint density at radius 3 is 3.04 bits per heavy atom. The van der Waals surface area contributed by atoms with E-state index in [-0.39, 0.29) is 5.97 Å². The summed E-state index contributed by atoms with van der Waals surface area (Å²) in [7, 11) is 0. The average molecular weight is 326 g/mol. The molecule has 0 spiro atoms. The van der Waals surface area contributed by atoms with Crippen molar-refractivity contribution >= 4 is 22.6 Å². The summed E-state index contributed by atoms with van der Waals surface area (Å²) in [4.78, 5) is 16.6. The molecule has 0 amide bonds. The van der Waals surface area contributed by atoms with Gasteiger partial charge < -0.3 is 14.8 Å². The van der Waals surface area contributed by atoms with Crippen LogP contribution in [0.4, 0.5) is 5.69 Å². The van der Waals surface area contributed by atoms with Gasteiger partial charge in [-0.3, -0.25) is 4.98 Å². The quantitative estimate of drug-likeness (QED) is 0.650. The molecule has 0 saturated carbocycles. The van der Waals surface area contributed by atoms with Crippen molar-refractivity contribution < 1.29 is 14.3 Å². The normalized spacial score (nSPS) is 14.3. The summed E-state index contributed by atoms with van der Waals surface area (Å²) in [5.74, 6) is -0.344. The Hall–Kier alpha value is -2.40. The largest absolute Gasteiger partial charge is 0.462 e. The number of benzene rings is 1. The molecule has 3 rings (SSSR count). The first-order valence-electron chi connectivity index (χ1n) is 8.34. The Morgan fingerprint density at radius 1 is 1.38 bits per heavy atom. The van der Waals surface area contributed by atoms with Crippen LogP contribution in [0.1, 0.15) is 30.1 Å². The number of para-hydroxylation sites is 1. The average Bonchev–Trinajstić information content (AvgIpc) is 2.63. The van der Waals surface area contributed by atoms with Gasteiger partial charge in [0, 0.05) is 18.1 Å². The number of anilines is 1. The van der Waals surface area contributed by atoms with E-state index in [0.717, 1.165) is 42.6 Å². The highest BCUT2D eigenvalue weighted by atomic mass is 16.5. The third-order valence-electron chi connectivity index (χ3n) is 4.08. The zero-order valence-corrected chi connectivity index (χ0v) is 13.9. The molecule has 24 heavy (non-hydrogen) atoms. The lowest BCUT2D eigenvalue weighted by molar-refractivity contribution is 0.0527. The Labute approximate surface area is 141 Å². The fraction of sp³-hybridized carbons (Fsp3) is 0.368. The molecule has 1 aliphatic rings. The molecule has 5 nitrogen and oxygen atoms in total. The number of ether oxygens (including phenoxy) is 2. The standard InChI is InChI=1S/C19H22N2O3/c1-2-24-19(22)16-13-21-17-6-4-3-5-15(17)18(16)20-10-7-14-8-11-23-12-9-14/h3-6,8,13H,2,7,9-12H2,1H3,(H,20,21). The maximum atomic E-state index is 12.2. The van der Waals surface area contributed by atoms with E-state index < -0.39 is 0 Å². The molecule has 2 heterocycles. The minimum Gasteiger partial charge on any atom is -0.462 e. The van der Waals surface area contributed by atoms with Crippen molar-refractivity contribution in [2.24, 2.45) is 0 Å². The van der Waals surface area contributed by atoms with Gasteiger partial charge in [0.25, 0.3) is 0 Å². The van der Waals surface area contributed by atoms with Crippen LogP contribution in [-0.4, -0.2) is 37.3 Å². The molecular formula is C19H22N2O3. The van der Waals surface area contributed by atoms with Crippen molar-refractivity contribution in [1.29, 1.82) is 0 Å². The molecule has 0 radical (unpaired) electrons. The van der Waals surface area contributed by atoms with Gasteiger partial charge in [-0.05, 0) is 25.8 Å². The van der Waals surface area contributed by atoms with E-state index in [0.29, 0.717) is 18.8 Å². The Bertz CT molecular complexity index is 755. The van der Waals surface area contributed by atoms with Gasteiger partial charge in [-0.15, -0.1) is 0 Å². The van der Waals surface area contributed by atoms with E-state index in [4.69, 9.17) is 9.47 Å². The monoisotopic (exact) mass is 326 g/mol.